The lowest BCUT2D eigenvalue weighted by molar-refractivity contribution is -0.661. The molecule has 0 amide bonds. The Hall–Kier alpha value is -6.52. The minimum Gasteiger partial charge on any atom is -0.201 e. The van der Waals surface area contributed by atoms with Gasteiger partial charge in [-0.05, 0) is 175 Å². The highest BCUT2D eigenvalue weighted by molar-refractivity contribution is 5.65. The molecule has 4 aromatic heterocycles. The molecule has 0 atom stereocenters. The van der Waals surface area contributed by atoms with Crippen molar-refractivity contribution in [2.75, 3.05) is 0 Å². The monoisotopic (exact) mass is 1220 g/mol. The van der Waals surface area contributed by atoms with E-state index in [2.05, 4.69) is 282 Å². The van der Waals surface area contributed by atoms with Crippen LogP contribution >= 0.6 is 0 Å². The first kappa shape index (κ1) is 67.9. The number of pyridine rings is 4. The van der Waals surface area contributed by atoms with E-state index in [1.807, 2.05) is 90.5 Å². The standard InChI is InChI=1S/C25H38N.C23H34N.2C19H26N/c1-18-13-11-12-14-20(18)22-15-19(16-23(2,3)4)21(17-26(22)10)25(8,9)24(5,6)7;1-17-11-9-10-12-20(17)21-13-18(14-22(2,3)4)19(16-24(21)8)15-23(5,6)7;2*1-14-9-7-8-10-17(14)18-11-15(2)16(13-20(18)6)12-19(3,4)5/h11-15,17H,16H2,1-10H3;9-13,16H,14-15H2,1-8H3;2*7-11,13H,12H2,1-6H3/q4*+1/i16D2;;12D2;. The van der Waals surface area contributed by atoms with Gasteiger partial charge in [0.2, 0.25) is 22.8 Å². The Balaban J connectivity index is 0.000000229. The van der Waals surface area contributed by atoms with E-state index in [1.54, 1.807) is 0 Å². The molecule has 0 spiro atoms. The lowest BCUT2D eigenvalue weighted by Crippen LogP contribution is -2.40. The van der Waals surface area contributed by atoms with Crippen LogP contribution in [0.5, 0.6) is 0 Å². The van der Waals surface area contributed by atoms with Crippen molar-refractivity contribution in [2.24, 2.45) is 60.7 Å². The third kappa shape index (κ3) is 21.3. The molecule has 4 nitrogen and oxygen atoms in total. The number of aromatic nitrogens is 4. The third-order valence-electron chi connectivity index (χ3n) is 17.2. The summed E-state index contributed by atoms with van der Waals surface area (Å²) in [6.45, 7) is 56.6. The van der Waals surface area contributed by atoms with E-state index in [4.69, 9.17) is 5.48 Å². The van der Waals surface area contributed by atoms with Gasteiger partial charge in [-0.3, -0.25) is 0 Å². The van der Waals surface area contributed by atoms with Crippen LogP contribution in [0.3, 0.4) is 0 Å². The van der Waals surface area contributed by atoms with Crippen LogP contribution in [0.25, 0.3) is 45.0 Å². The predicted octanol–water partition coefficient (Wildman–Crippen LogP) is 20.8. The first-order chi connectivity index (χ1) is 42.8. The smallest absolute Gasteiger partial charge is 0.201 e. The summed E-state index contributed by atoms with van der Waals surface area (Å²) in [5, 5.41) is 0. The fourth-order valence-electron chi connectivity index (χ4n) is 11.6. The van der Waals surface area contributed by atoms with Crippen molar-refractivity contribution in [3.8, 4) is 45.0 Å². The normalized spacial score (nSPS) is 13.3. The van der Waals surface area contributed by atoms with Crippen LogP contribution in [0.15, 0.2) is 146 Å². The summed E-state index contributed by atoms with van der Waals surface area (Å²) in [4.78, 5) is 0. The number of aryl methyl sites for hydroxylation is 10. The Morgan fingerprint density at radius 2 is 0.556 bits per heavy atom. The molecule has 0 aliphatic rings. The van der Waals surface area contributed by atoms with Gasteiger partial charge >= 0.3 is 0 Å². The highest BCUT2D eigenvalue weighted by atomic mass is 14.9. The second-order valence-corrected chi connectivity index (χ2v) is 33.4. The molecule has 8 aromatic rings. The van der Waals surface area contributed by atoms with Crippen LogP contribution in [0.1, 0.15) is 211 Å². The minimum absolute atomic E-state index is 0.00705. The summed E-state index contributed by atoms with van der Waals surface area (Å²) in [6.07, 6.45) is 9.25. The maximum absolute atomic E-state index is 9.08. The van der Waals surface area contributed by atoms with E-state index in [0.717, 1.165) is 58.5 Å². The summed E-state index contributed by atoms with van der Waals surface area (Å²) >= 11 is 0. The number of rotatable bonds is 10. The zero-order valence-corrected chi connectivity index (χ0v) is 62.3. The molecule has 8 rings (SSSR count). The van der Waals surface area contributed by atoms with Gasteiger partial charge < -0.3 is 0 Å². The van der Waals surface area contributed by atoms with Gasteiger partial charge in [-0.25, -0.2) is 18.3 Å². The van der Waals surface area contributed by atoms with Gasteiger partial charge in [-0.15, -0.1) is 0 Å². The van der Waals surface area contributed by atoms with Gasteiger partial charge in [0.1, 0.15) is 28.2 Å². The van der Waals surface area contributed by atoms with E-state index in [1.165, 1.54) is 72.6 Å². The number of hydrogen-bond acceptors (Lipinski definition) is 0. The van der Waals surface area contributed by atoms with Gasteiger partial charge in [-0.1, -0.05) is 211 Å². The molecule has 90 heavy (non-hydrogen) atoms. The zero-order chi connectivity index (χ0) is 71.4. The Morgan fingerprint density at radius 1 is 0.289 bits per heavy atom. The fourth-order valence-corrected chi connectivity index (χ4v) is 11.6. The zero-order valence-electron chi connectivity index (χ0n) is 66.3. The van der Waals surface area contributed by atoms with E-state index in [-0.39, 0.29) is 16.2 Å². The van der Waals surface area contributed by atoms with Crippen molar-refractivity contribution in [3.63, 3.8) is 0 Å². The molecule has 0 aliphatic carbocycles. The van der Waals surface area contributed by atoms with Crippen LogP contribution in [0.4, 0.5) is 0 Å². The van der Waals surface area contributed by atoms with Gasteiger partial charge in [0.15, 0.2) is 24.8 Å². The SMILES string of the molecule is Cc1cc(-c2ccccc2C)[n+](C)cc1CC(C)(C)C.Cc1ccccc1-c1cc(CC(C)(C)C)c(CC(C)(C)C)c[n+]1C.[2H]C([2H])(c1c[n+](C)c(-c2ccccc2C)cc1C)C(C)(C)C.[2H]C([2H])(c1cc(-c2ccccc2C)[n+](C)cc1C(C)(C)C(C)(C)C)C(C)(C)C. The molecule has 0 fully saturated rings. The lowest BCUT2D eigenvalue weighted by Gasteiger charge is -2.40. The second-order valence-electron chi connectivity index (χ2n) is 33.4. The van der Waals surface area contributed by atoms with E-state index in [9.17, 15) is 0 Å². The molecule has 0 aliphatic heterocycles. The highest BCUT2D eigenvalue weighted by Crippen LogP contribution is 2.44. The molecule has 4 heteroatoms. The lowest BCUT2D eigenvalue weighted by atomic mass is 9.64. The maximum Gasteiger partial charge on any atom is 0.212 e. The summed E-state index contributed by atoms with van der Waals surface area (Å²) < 4.78 is 44.0. The van der Waals surface area contributed by atoms with E-state index in [0.29, 0.717) is 10.8 Å². The summed E-state index contributed by atoms with van der Waals surface area (Å²) in [7, 11) is 8.38. The van der Waals surface area contributed by atoms with Crippen LogP contribution in [0, 0.1) is 74.0 Å². The fraction of sp³-hybridized carbons (Fsp3) is 0.488. The Bertz CT molecular complexity index is 3910. The molecule has 0 saturated carbocycles. The Morgan fingerprint density at radius 3 is 0.889 bits per heavy atom. The topological polar surface area (TPSA) is 15.5 Å². The molecule has 0 N–H and O–H groups in total. The number of hydrogen-bond donors (Lipinski definition) is 0. The minimum atomic E-state index is -1.46. The van der Waals surface area contributed by atoms with Crippen LogP contribution in [-0.4, -0.2) is 0 Å². The molecule has 0 saturated heterocycles. The number of nitrogens with zero attached hydrogens (tertiary/aromatic N) is 4. The van der Waals surface area contributed by atoms with Crippen molar-refractivity contribution in [3.05, 3.63) is 213 Å². The predicted molar refractivity (Wildman–Crippen MR) is 389 cm³/mol. The first-order valence-corrected chi connectivity index (χ1v) is 33.1. The van der Waals surface area contributed by atoms with Gasteiger partial charge in [0, 0.05) is 79.7 Å². The van der Waals surface area contributed by atoms with Crippen LogP contribution in [0.2, 0.25) is 0 Å². The molecular formula is C86H124N4+4. The van der Waals surface area contributed by atoms with Crippen molar-refractivity contribution in [1.29, 1.82) is 0 Å². The van der Waals surface area contributed by atoms with Gasteiger partial charge in [0.05, 0.1) is 0 Å². The molecule has 0 unspecified atom stereocenters. The molecule has 0 bridgehead atoms. The molecular weight excluding hydrogens is 1090 g/mol. The van der Waals surface area contributed by atoms with Gasteiger partial charge in [-0.2, -0.15) is 0 Å². The maximum atomic E-state index is 9.08. The third-order valence-corrected chi connectivity index (χ3v) is 17.2. The Kier molecular flexibility index (Phi) is 22.2. The van der Waals surface area contributed by atoms with Crippen LogP contribution in [-0.2, 0) is 65.6 Å². The molecule has 4 aromatic carbocycles. The molecule has 0 radical (unpaired) electrons. The summed E-state index contributed by atoms with van der Waals surface area (Å²) in [6, 6.07) is 42.8. The largest absolute Gasteiger partial charge is 0.212 e. The van der Waals surface area contributed by atoms with E-state index >= 15 is 0 Å². The average Bonchev–Trinajstić information content (AvgIpc) is 0.742. The highest BCUT2D eigenvalue weighted by Gasteiger charge is 2.39. The van der Waals surface area contributed by atoms with Crippen LogP contribution < -0.4 is 18.3 Å². The van der Waals surface area contributed by atoms with Crippen molar-refractivity contribution >= 4 is 0 Å². The van der Waals surface area contributed by atoms with E-state index < -0.39 is 23.6 Å². The molecule has 4 heterocycles. The van der Waals surface area contributed by atoms with Crippen molar-refractivity contribution < 1.29 is 23.8 Å². The van der Waals surface area contributed by atoms with Crippen molar-refractivity contribution in [2.45, 2.75) is 217 Å². The first-order valence-electron chi connectivity index (χ1n) is 35.1. The quantitative estimate of drug-likeness (QED) is 0.121. The number of benzene rings is 4. The van der Waals surface area contributed by atoms with Crippen molar-refractivity contribution in [1.82, 2.24) is 0 Å². The average molecular weight is 1220 g/mol. The second kappa shape index (κ2) is 29.4. The Labute approximate surface area is 557 Å². The molecule has 484 valence electrons. The summed E-state index contributed by atoms with van der Waals surface area (Å²) in [5.41, 5.74) is 24.0. The summed E-state index contributed by atoms with van der Waals surface area (Å²) in [5.74, 6) is 0. The van der Waals surface area contributed by atoms with Gasteiger partial charge in [0.25, 0.3) is 0 Å².